The lowest BCUT2D eigenvalue weighted by Crippen LogP contribution is -2.45. The van der Waals surface area contributed by atoms with E-state index in [1.165, 1.54) is 0 Å². The molecule has 0 aromatic rings. The van der Waals surface area contributed by atoms with Crippen LogP contribution in [0.4, 0.5) is 0 Å². The van der Waals surface area contributed by atoms with E-state index >= 15 is 0 Å². The zero-order valence-electron chi connectivity index (χ0n) is 9.66. The van der Waals surface area contributed by atoms with Crippen LogP contribution in [0, 0.1) is 0 Å². The van der Waals surface area contributed by atoms with Crippen molar-refractivity contribution < 1.29 is 14.1 Å². The molecule has 0 radical (unpaired) electrons. The highest BCUT2D eigenvalue weighted by molar-refractivity contribution is 7.63. The summed E-state index contributed by atoms with van der Waals surface area (Å²) in [5.41, 5.74) is 0.160. The monoisotopic (exact) mass is 233 g/mol. The van der Waals surface area contributed by atoms with Crippen molar-refractivity contribution in [2.45, 2.75) is 31.5 Å². The molecule has 15 heavy (non-hydrogen) atoms. The van der Waals surface area contributed by atoms with Gasteiger partial charge in [0.05, 0.1) is 13.7 Å². The molecule has 0 aromatic carbocycles. The highest BCUT2D eigenvalue weighted by atomic mass is 31.2. The second-order valence-electron chi connectivity index (χ2n) is 4.37. The molecule has 0 saturated carbocycles. The number of carbonyl (C=O) groups is 1. The number of esters is 1. The first-order valence-electron chi connectivity index (χ1n) is 5.39. The summed E-state index contributed by atoms with van der Waals surface area (Å²) in [6.07, 6.45) is 1.53. The molecule has 1 heterocycles. The summed E-state index contributed by atoms with van der Waals surface area (Å²) in [6.45, 7) is 6.54. The minimum Gasteiger partial charge on any atom is -0.465 e. The van der Waals surface area contributed by atoms with Crippen LogP contribution in [0.15, 0.2) is 0 Å². The fraction of sp³-hybridized carbons (Fsp3) is 0.900. The van der Waals surface area contributed by atoms with Crippen LogP contribution in [0.1, 0.15) is 19.8 Å². The number of rotatable bonds is 3. The van der Waals surface area contributed by atoms with Crippen LogP contribution < -0.4 is 5.32 Å². The molecule has 0 unspecified atom stereocenters. The second kappa shape index (κ2) is 5.13. The topological polar surface area (TPSA) is 55.4 Å². The van der Waals surface area contributed by atoms with Crippen LogP contribution in [-0.2, 0) is 14.1 Å². The van der Waals surface area contributed by atoms with E-state index in [0.717, 1.165) is 13.0 Å². The van der Waals surface area contributed by atoms with Crippen LogP contribution in [-0.4, -0.2) is 44.2 Å². The van der Waals surface area contributed by atoms with Crippen LogP contribution in [0.25, 0.3) is 0 Å². The van der Waals surface area contributed by atoms with Gasteiger partial charge < -0.3 is 14.6 Å². The standard InChI is InChI=1S/C10H20NO3P/c1-4-14-10(12)9-7-8(5-6-11-9)15(2,3)13/h8-9,11H,4-7H2,1-3H3/t8-,9+/m1/s1. The molecular formula is C10H20NO3P. The van der Waals surface area contributed by atoms with Crippen molar-refractivity contribution in [3.8, 4) is 0 Å². The van der Waals surface area contributed by atoms with Gasteiger partial charge in [-0.15, -0.1) is 0 Å². The van der Waals surface area contributed by atoms with Crippen molar-refractivity contribution in [3.05, 3.63) is 0 Å². The largest absolute Gasteiger partial charge is 0.465 e. The third-order valence-corrected chi connectivity index (χ3v) is 5.05. The molecule has 0 bridgehead atoms. The van der Waals surface area contributed by atoms with Gasteiger partial charge in [0.25, 0.3) is 0 Å². The van der Waals surface area contributed by atoms with Gasteiger partial charge in [0.1, 0.15) is 6.04 Å². The Morgan fingerprint density at radius 1 is 1.53 bits per heavy atom. The molecule has 1 rings (SSSR count). The molecule has 88 valence electrons. The first-order valence-corrected chi connectivity index (χ1v) is 8.07. The van der Waals surface area contributed by atoms with Gasteiger partial charge in [-0.05, 0) is 39.6 Å². The molecule has 0 aromatic heterocycles. The van der Waals surface area contributed by atoms with Gasteiger partial charge in [0.15, 0.2) is 0 Å². The maximum absolute atomic E-state index is 11.9. The quantitative estimate of drug-likeness (QED) is 0.589. The minimum atomic E-state index is -2.08. The Morgan fingerprint density at radius 2 is 2.20 bits per heavy atom. The molecule has 0 spiro atoms. The number of hydrogen-bond donors (Lipinski definition) is 1. The fourth-order valence-corrected chi connectivity index (χ4v) is 3.35. The summed E-state index contributed by atoms with van der Waals surface area (Å²) in [6, 6.07) is -0.267. The lowest BCUT2D eigenvalue weighted by Gasteiger charge is -2.31. The van der Waals surface area contributed by atoms with Crippen molar-refractivity contribution in [1.82, 2.24) is 5.32 Å². The number of piperidine rings is 1. The van der Waals surface area contributed by atoms with Crippen molar-refractivity contribution in [2.24, 2.45) is 0 Å². The molecule has 5 heteroatoms. The van der Waals surface area contributed by atoms with Crippen LogP contribution in [0.3, 0.4) is 0 Å². The molecule has 1 fully saturated rings. The van der Waals surface area contributed by atoms with Crippen LogP contribution in [0.2, 0.25) is 0 Å². The zero-order chi connectivity index (χ0) is 11.5. The Balaban J connectivity index is 2.56. The first kappa shape index (κ1) is 12.7. The van der Waals surface area contributed by atoms with Gasteiger partial charge in [-0.2, -0.15) is 0 Å². The van der Waals surface area contributed by atoms with E-state index in [1.54, 1.807) is 20.3 Å². The van der Waals surface area contributed by atoms with Gasteiger partial charge in [-0.25, -0.2) is 0 Å². The number of nitrogens with one attached hydrogen (secondary N) is 1. The van der Waals surface area contributed by atoms with Crippen LogP contribution >= 0.6 is 7.14 Å². The van der Waals surface area contributed by atoms with Crippen molar-refractivity contribution in [1.29, 1.82) is 0 Å². The van der Waals surface area contributed by atoms with E-state index < -0.39 is 7.14 Å². The maximum atomic E-state index is 11.9. The molecular weight excluding hydrogens is 213 g/mol. The summed E-state index contributed by atoms with van der Waals surface area (Å²) in [7, 11) is -2.08. The first-order chi connectivity index (χ1) is 6.95. The molecule has 0 aliphatic carbocycles. The van der Waals surface area contributed by atoms with Gasteiger partial charge >= 0.3 is 5.97 Å². The summed E-state index contributed by atoms with van der Waals surface area (Å²) >= 11 is 0. The predicted octanol–water partition coefficient (Wildman–Crippen LogP) is 1.29. The van der Waals surface area contributed by atoms with E-state index in [0.29, 0.717) is 13.0 Å². The molecule has 1 saturated heterocycles. The molecule has 0 amide bonds. The Morgan fingerprint density at radius 3 is 2.73 bits per heavy atom. The van der Waals surface area contributed by atoms with Crippen molar-refractivity contribution in [2.75, 3.05) is 26.5 Å². The molecule has 1 aliphatic heterocycles. The lowest BCUT2D eigenvalue weighted by molar-refractivity contribution is -0.146. The van der Waals surface area contributed by atoms with Gasteiger partial charge in [0.2, 0.25) is 0 Å². The number of ether oxygens (including phenoxy) is 1. The summed E-state index contributed by atoms with van der Waals surface area (Å²) in [4.78, 5) is 11.5. The Kier molecular flexibility index (Phi) is 4.35. The van der Waals surface area contributed by atoms with Crippen molar-refractivity contribution >= 4 is 13.1 Å². The van der Waals surface area contributed by atoms with Crippen LogP contribution in [0.5, 0.6) is 0 Å². The third-order valence-electron chi connectivity index (χ3n) is 2.83. The average molecular weight is 233 g/mol. The SMILES string of the molecule is CCOC(=O)[C@@H]1C[C@H](P(C)(C)=O)CCN1. The number of carbonyl (C=O) groups excluding carboxylic acids is 1. The van der Waals surface area contributed by atoms with Gasteiger partial charge in [-0.1, -0.05) is 0 Å². The minimum absolute atomic E-state index is 0.160. The highest BCUT2D eigenvalue weighted by Crippen LogP contribution is 2.47. The highest BCUT2D eigenvalue weighted by Gasteiger charge is 2.33. The number of hydrogen-bond acceptors (Lipinski definition) is 4. The Labute approximate surface area is 91.1 Å². The van der Waals surface area contributed by atoms with E-state index in [2.05, 4.69) is 5.32 Å². The Hall–Kier alpha value is -0.340. The lowest BCUT2D eigenvalue weighted by atomic mass is 10.0. The van der Waals surface area contributed by atoms with Gasteiger partial charge in [0, 0.05) is 5.66 Å². The van der Waals surface area contributed by atoms with Gasteiger partial charge in [-0.3, -0.25) is 4.79 Å². The maximum Gasteiger partial charge on any atom is 0.323 e. The fourth-order valence-electron chi connectivity index (χ4n) is 1.88. The van der Waals surface area contributed by atoms with Crippen molar-refractivity contribution in [3.63, 3.8) is 0 Å². The summed E-state index contributed by atoms with van der Waals surface area (Å²) in [5, 5.41) is 3.11. The smallest absolute Gasteiger partial charge is 0.323 e. The second-order valence-corrected chi connectivity index (χ2v) is 7.97. The molecule has 1 N–H and O–H groups in total. The predicted molar refractivity (Wildman–Crippen MR) is 60.9 cm³/mol. The normalized spacial score (nSPS) is 27.4. The third kappa shape index (κ3) is 3.62. The van der Waals surface area contributed by atoms with E-state index in [1.807, 2.05) is 0 Å². The molecule has 4 nitrogen and oxygen atoms in total. The van der Waals surface area contributed by atoms with E-state index in [-0.39, 0.29) is 17.7 Å². The average Bonchev–Trinajstić information content (AvgIpc) is 2.17. The Bertz CT molecular complexity index is 274. The summed E-state index contributed by atoms with van der Waals surface area (Å²) < 4.78 is 16.9. The zero-order valence-corrected chi connectivity index (χ0v) is 10.5. The van der Waals surface area contributed by atoms with E-state index in [9.17, 15) is 9.36 Å². The summed E-state index contributed by atoms with van der Waals surface area (Å²) in [5.74, 6) is -0.212. The van der Waals surface area contributed by atoms with E-state index in [4.69, 9.17) is 4.74 Å². The molecule has 1 aliphatic rings. The molecule has 2 atom stereocenters.